The molecule has 1 fully saturated rings. The summed E-state index contributed by atoms with van der Waals surface area (Å²) >= 11 is 0. The quantitative estimate of drug-likeness (QED) is 0.375. The average molecular weight is 445 g/mol. The van der Waals surface area contributed by atoms with Gasteiger partial charge in [-0.05, 0) is 46.0 Å². The summed E-state index contributed by atoms with van der Waals surface area (Å²) in [6.45, 7) is 9.14. The number of carbonyl (C=O) groups is 4. The molecule has 1 aliphatic heterocycles. The van der Waals surface area contributed by atoms with Gasteiger partial charge in [-0.25, -0.2) is 9.48 Å². The Morgan fingerprint density at radius 2 is 1.69 bits per heavy atom. The smallest absolute Gasteiger partial charge is 0.330 e. The number of amides is 3. The van der Waals surface area contributed by atoms with E-state index < -0.39 is 35.9 Å². The van der Waals surface area contributed by atoms with Crippen LogP contribution in [-0.2, 0) is 23.9 Å². The van der Waals surface area contributed by atoms with Crippen LogP contribution in [-0.4, -0.2) is 50.5 Å². The van der Waals surface area contributed by atoms with Crippen LogP contribution in [0.5, 0.6) is 0 Å². The normalized spacial score (nSPS) is 22.3. The maximum Gasteiger partial charge on any atom is 0.330 e. The van der Waals surface area contributed by atoms with E-state index in [1.807, 2.05) is 39.8 Å². The molecule has 0 unspecified atom stereocenters. The van der Waals surface area contributed by atoms with Crippen molar-refractivity contribution >= 4 is 29.5 Å². The Morgan fingerprint density at radius 1 is 1.09 bits per heavy atom. The minimum atomic E-state index is -1.11. The molecule has 174 valence electrons. The monoisotopic (exact) mass is 444 g/mol. The highest BCUT2D eigenvalue weighted by molar-refractivity contribution is 6.08. The molecule has 2 heterocycles. The van der Waals surface area contributed by atoms with Crippen LogP contribution in [0.25, 0.3) is 0 Å². The van der Waals surface area contributed by atoms with Crippen molar-refractivity contribution < 1.29 is 23.9 Å². The number of hydrogen-bond donors (Lipinski definition) is 1. The summed E-state index contributed by atoms with van der Waals surface area (Å²) in [5.41, 5.74) is 0. The van der Waals surface area contributed by atoms with E-state index in [0.717, 1.165) is 4.90 Å². The molecule has 0 bridgehead atoms. The van der Waals surface area contributed by atoms with Gasteiger partial charge in [-0.3, -0.25) is 19.3 Å². The number of esters is 1. The number of aromatic nitrogens is 2. The maximum atomic E-state index is 13.1. The second-order valence-corrected chi connectivity index (χ2v) is 9.17. The molecule has 32 heavy (non-hydrogen) atoms. The number of imide groups is 1. The molecule has 9 nitrogen and oxygen atoms in total. The first kappa shape index (κ1) is 23.7. The Labute approximate surface area is 188 Å². The molecule has 0 spiro atoms. The fraction of sp³-hybridized carbons (Fsp3) is 0.609. The fourth-order valence-electron chi connectivity index (χ4n) is 4.25. The Bertz CT molecular complexity index is 893. The largest absolute Gasteiger partial charge is 0.451 e. The standard InChI is InChI=1S/C23H32N4O5/c1-13(2)12-18(26-21(29)16-8-6-7-9-17(16)22(26)30)23(31)32-15(5)20(28)25-19-10-11-24-27(19)14(3)4/h6-7,10-11,13-18H,8-9,12H2,1-5H3,(H,25,28)/t15-,16+,17+,18-/m1/s1. The lowest BCUT2D eigenvalue weighted by Crippen LogP contribution is -2.48. The van der Waals surface area contributed by atoms with Crippen LogP contribution in [0.4, 0.5) is 5.82 Å². The Kier molecular flexibility index (Phi) is 7.16. The molecule has 1 N–H and O–H groups in total. The number of fused-ring (bicyclic) bond motifs is 1. The Hall–Kier alpha value is -2.97. The number of nitrogens with one attached hydrogen (secondary N) is 1. The minimum absolute atomic E-state index is 0.0402. The predicted molar refractivity (Wildman–Crippen MR) is 117 cm³/mol. The summed E-state index contributed by atoms with van der Waals surface area (Å²) in [6.07, 6.45) is 5.54. The second kappa shape index (κ2) is 9.67. The number of allylic oxidation sites excluding steroid dienone is 2. The minimum Gasteiger partial charge on any atom is -0.451 e. The number of anilines is 1. The molecule has 1 aromatic heterocycles. The number of hydrogen-bond acceptors (Lipinski definition) is 6. The molecule has 1 aromatic rings. The number of likely N-dealkylation sites (tertiary alicyclic amines) is 1. The molecule has 0 radical (unpaired) electrons. The van der Waals surface area contributed by atoms with Crippen LogP contribution in [0.3, 0.4) is 0 Å². The summed E-state index contributed by atoms with van der Waals surface area (Å²) < 4.78 is 7.09. The fourth-order valence-corrected chi connectivity index (χ4v) is 4.25. The van der Waals surface area contributed by atoms with Gasteiger partial charge in [0.25, 0.3) is 5.91 Å². The van der Waals surface area contributed by atoms with E-state index in [1.54, 1.807) is 16.9 Å². The van der Waals surface area contributed by atoms with E-state index in [4.69, 9.17) is 4.74 Å². The van der Waals surface area contributed by atoms with E-state index in [1.165, 1.54) is 6.92 Å². The summed E-state index contributed by atoms with van der Waals surface area (Å²) in [6, 6.07) is 0.654. The number of carbonyl (C=O) groups excluding carboxylic acids is 4. The first-order chi connectivity index (χ1) is 15.1. The van der Waals surface area contributed by atoms with Gasteiger partial charge < -0.3 is 10.1 Å². The van der Waals surface area contributed by atoms with Gasteiger partial charge in [0.2, 0.25) is 11.8 Å². The van der Waals surface area contributed by atoms with Crippen molar-refractivity contribution in [3.8, 4) is 0 Å². The molecule has 0 aromatic carbocycles. The Morgan fingerprint density at radius 3 is 2.22 bits per heavy atom. The molecule has 4 atom stereocenters. The molecular weight excluding hydrogens is 412 g/mol. The van der Waals surface area contributed by atoms with Gasteiger partial charge in [-0.2, -0.15) is 5.10 Å². The van der Waals surface area contributed by atoms with Crippen LogP contribution in [0.2, 0.25) is 0 Å². The van der Waals surface area contributed by atoms with Gasteiger partial charge in [0.15, 0.2) is 6.10 Å². The van der Waals surface area contributed by atoms with Crippen LogP contribution in [0, 0.1) is 17.8 Å². The van der Waals surface area contributed by atoms with E-state index in [-0.39, 0.29) is 30.2 Å². The van der Waals surface area contributed by atoms with Gasteiger partial charge in [0.1, 0.15) is 11.9 Å². The third kappa shape index (κ3) is 4.76. The summed E-state index contributed by atoms with van der Waals surface area (Å²) in [4.78, 5) is 52.8. The maximum absolute atomic E-state index is 13.1. The van der Waals surface area contributed by atoms with Gasteiger partial charge in [0, 0.05) is 12.1 Å². The van der Waals surface area contributed by atoms with Crippen molar-refractivity contribution in [1.29, 1.82) is 0 Å². The third-order valence-electron chi connectivity index (χ3n) is 5.89. The topological polar surface area (TPSA) is 111 Å². The van der Waals surface area contributed by atoms with Crippen molar-refractivity contribution in [2.24, 2.45) is 17.8 Å². The summed E-state index contributed by atoms with van der Waals surface area (Å²) in [5, 5.41) is 6.87. The first-order valence-electron chi connectivity index (χ1n) is 11.2. The first-order valence-corrected chi connectivity index (χ1v) is 11.2. The van der Waals surface area contributed by atoms with Crippen LogP contribution >= 0.6 is 0 Å². The SMILES string of the molecule is CC(C)C[C@H](C(=O)O[C@H](C)C(=O)Nc1ccnn1C(C)C)N1C(=O)[C@H]2CC=CC[C@@H]2C1=O. The third-order valence-corrected chi connectivity index (χ3v) is 5.89. The zero-order valence-corrected chi connectivity index (χ0v) is 19.3. The van der Waals surface area contributed by atoms with Gasteiger partial charge in [0.05, 0.1) is 18.0 Å². The van der Waals surface area contributed by atoms with Gasteiger partial charge >= 0.3 is 5.97 Å². The number of nitrogens with zero attached hydrogens (tertiary/aromatic N) is 3. The molecule has 3 amide bonds. The Balaban J connectivity index is 1.72. The van der Waals surface area contributed by atoms with Crippen LogP contribution in [0.15, 0.2) is 24.4 Å². The highest BCUT2D eigenvalue weighted by Gasteiger charge is 2.51. The lowest BCUT2D eigenvalue weighted by Gasteiger charge is -2.27. The number of rotatable bonds is 8. The van der Waals surface area contributed by atoms with Crippen LogP contribution < -0.4 is 5.32 Å². The van der Waals surface area contributed by atoms with Crippen molar-refractivity contribution in [1.82, 2.24) is 14.7 Å². The lowest BCUT2D eigenvalue weighted by molar-refractivity contribution is -0.164. The van der Waals surface area contributed by atoms with Crippen molar-refractivity contribution in [2.45, 2.75) is 72.1 Å². The van der Waals surface area contributed by atoms with E-state index >= 15 is 0 Å². The summed E-state index contributed by atoms with van der Waals surface area (Å²) in [5.74, 6) is -2.23. The van der Waals surface area contributed by atoms with Crippen molar-refractivity contribution in [3.05, 3.63) is 24.4 Å². The molecule has 1 saturated heterocycles. The molecule has 3 rings (SSSR count). The molecular formula is C23H32N4O5. The highest BCUT2D eigenvalue weighted by Crippen LogP contribution is 2.37. The van der Waals surface area contributed by atoms with E-state index in [0.29, 0.717) is 18.7 Å². The van der Waals surface area contributed by atoms with Gasteiger partial charge in [-0.15, -0.1) is 0 Å². The number of ether oxygens (including phenoxy) is 1. The van der Waals surface area contributed by atoms with E-state index in [2.05, 4.69) is 10.4 Å². The zero-order chi connectivity index (χ0) is 23.6. The lowest BCUT2D eigenvalue weighted by atomic mass is 9.85. The molecule has 9 heteroatoms. The molecule has 0 saturated carbocycles. The highest BCUT2D eigenvalue weighted by atomic mass is 16.5. The predicted octanol–water partition coefficient (Wildman–Crippen LogP) is 2.70. The average Bonchev–Trinajstić information content (AvgIpc) is 3.29. The zero-order valence-electron chi connectivity index (χ0n) is 19.3. The van der Waals surface area contributed by atoms with Crippen molar-refractivity contribution in [2.75, 3.05) is 5.32 Å². The van der Waals surface area contributed by atoms with Crippen molar-refractivity contribution in [3.63, 3.8) is 0 Å². The molecule has 1 aliphatic carbocycles. The van der Waals surface area contributed by atoms with Gasteiger partial charge in [-0.1, -0.05) is 26.0 Å². The van der Waals surface area contributed by atoms with Crippen LogP contribution in [0.1, 0.15) is 59.9 Å². The van der Waals surface area contributed by atoms with E-state index in [9.17, 15) is 19.2 Å². The second-order valence-electron chi connectivity index (χ2n) is 9.17. The summed E-state index contributed by atoms with van der Waals surface area (Å²) in [7, 11) is 0. The molecule has 2 aliphatic rings.